The molecule has 0 aliphatic heterocycles. The molecule has 0 aliphatic carbocycles. The molecule has 5 heteroatoms. The fraction of sp³-hybridized carbons (Fsp3) is 0.533. The van der Waals surface area contributed by atoms with Crippen molar-refractivity contribution in [1.82, 2.24) is 4.90 Å². The molecule has 0 saturated carbocycles. The fourth-order valence-corrected chi connectivity index (χ4v) is 1.97. The topological polar surface area (TPSA) is 59.0 Å². The molecular formula is C15H23NO4. The summed E-state index contributed by atoms with van der Waals surface area (Å²) in [4.78, 5) is 14.3. The highest BCUT2D eigenvalue weighted by molar-refractivity contribution is 5.97. The zero-order chi connectivity index (χ0) is 15.1. The van der Waals surface area contributed by atoms with Gasteiger partial charge in [0, 0.05) is 25.3 Å². The maximum Gasteiger partial charge on any atom is 0.257 e. The van der Waals surface area contributed by atoms with Crippen LogP contribution in [-0.4, -0.2) is 49.3 Å². The summed E-state index contributed by atoms with van der Waals surface area (Å²) in [5, 5.41) is 8.94. The van der Waals surface area contributed by atoms with Gasteiger partial charge in [-0.15, -0.1) is 0 Å². The van der Waals surface area contributed by atoms with Gasteiger partial charge in [-0.1, -0.05) is 0 Å². The molecule has 1 amide bonds. The smallest absolute Gasteiger partial charge is 0.257 e. The zero-order valence-corrected chi connectivity index (χ0v) is 12.5. The summed E-state index contributed by atoms with van der Waals surface area (Å²) >= 11 is 0. The highest BCUT2D eigenvalue weighted by atomic mass is 16.5. The van der Waals surface area contributed by atoms with E-state index in [0.29, 0.717) is 30.0 Å². The molecule has 0 radical (unpaired) electrons. The minimum Gasteiger partial charge on any atom is -0.497 e. The van der Waals surface area contributed by atoms with Gasteiger partial charge in [-0.3, -0.25) is 4.79 Å². The lowest BCUT2D eigenvalue weighted by Gasteiger charge is -2.27. The lowest BCUT2D eigenvalue weighted by molar-refractivity contribution is 0.0689. The first-order chi connectivity index (χ1) is 9.54. The molecule has 112 valence electrons. The Kier molecular flexibility index (Phi) is 6.31. The van der Waals surface area contributed by atoms with Crippen LogP contribution in [0.5, 0.6) is 11.5 Å². The number of benzene rings is 1. The lowest BCUT2D eigenvalue weighted by Crippen LogP contribution is -2.38. The summed E-state index contributed by atoms with van der Waals surface area (Å²) in [7, 11) is 3.09. The first-order valence-corrected chi connectivity index (χ1v) is 6.69. The number of aliphatic hydroxyl groups excluding tert-OH is 1. The molecular weight excluding hydrogens is 258 g/mol. The molecule has 0 spiro atoms. The first kappa shape index (κ1) is 16.3. The number of methoxy groups -OCH3 is 2. The van der Waals surface area contributed by atoms with E-state index in [1.807, 2.05) is 13.8 Å². The van der Waals surface area contributed by atoms with E-state index in [9.17, 15) is 4.79 Å². The predicted molar refractivity (Wildman–Crippen MR) is 77.4 cm³/mol. The molecule has 20 heavy (non-hydrogen) atoms. The van der Waals surface area contributed by atoms with Crippen molar-refractivity contribution in [3.63, 3.8) is 0 Å². The van der Waals surface area contributed by atoms with Gasteiger partial charge < -0.3 is 19.5 Å². The largest absolute Gasteiger partial charge is 0.497 e. The second-order valence-corrected chi connectivity index (χ2v) is 4.74. The van der Waals surface area contributed by atoms with E-state index in [-0.39, 0.29) is 18.6 Å². The van der Waals surface area contributed by atoms with Crippen LogP contribution >= 0.6 is 0 Å². The Hall–Kier alpha value is -1.75. The molecule has 1 aromatic rings. The summed E-state index contributed by atoms with van der Waals surface area (Å²) in [6.07, 6.45) is 0.558. The fourth-order valence-electron chi connectivity index (χ4n) is 1.97. The Labute approximate surface area is 120 Å². The highest BCUT2D eigenvalue weighted by Gasteiger charge is 2.21. The molecule has 1 rings (SSSR count). The van der Waals surface area contributed by atoms with Crippen LogP contribution in [0.1, 0.15) is 30.6 Å². The number of aliphatic hydroxyl groups is 1. The van der Waals surface area contributed by atoms with Gasteiger partial charge in [0.05, 0.1) is 19.8 Å². The average molecular weight is 281 g/mol. The molecule has 0 fully saturated rings. The van der Waals surface area contributed by atoms with Crippen molar-refractivity contribution >= 4 is 5.91 Å². The van der Waals surface area contributed by atoms with Gasteiger partial charge in [0.15, 0.2) is 0 Å². The van der Waals surface area contributed by atoms with E-state index in [4.69, 9.17) is 14.6 Å². The molecule has 1 N–H and O–H groups in total. The normalized spacial score (nSPS) is 10.5. The zero-order valence-electron chi connectivity index (χ0n) is 12.5. The van der Waals surface area contributed by atoms with Gasteiger partial charge in [0.1, 0.15) is 11.5 Å². The number of rotatable bonds is 7. The van der Waals surface area contributed by atoms with Crippen LogP contribution in [0.25, 0.3) is 0 Å². The van der Waals surface area contributed by atoms with Gasteiger partial charge in [0.2, 0.25) is 0 Å². The number of carbonyl (C=O) groups excluding carboxylic acids is 1. The predicted octanol–water partition coefficient (Wildman–Crippen LogP) is 1.94. The monoisotopic (exact) mass is 281 g/mol. The summed E-state index contributed by atoms with van der Waals surface area (Å²) in [6.45, 7) is 4.48. The Balaban J connectivity index is 3.04. The quantitative estimate of drug-likeness (QED) is 0.829. The minimum absolute atomic E-state index is 0.0563. The van der Waals surface area contributed by atoms with Gasteiger partial charge in [0.25, 0.3) is 5.91 Å². The van der Waals surface area contributed by atoms with E-state index >= 15 is 0 Å². The van der Waals surface area contributed by atoms with Gasteiger partial charge >= 0.3 is 0 Å². The molecule has 0 heterocycles. The third kappa shape index (κ3) is 3.87. The summed E-state index contributed by atoms with van der Waals surface area (Å²) < 4.78 is 10.4. The number of carbonyl (C=O) groups is 1. The van der Waals surface area contributed by atoms with Crippen LogP contribution in [-0.2, 0) is 0 Å². The average Bonchev–Trinajstić information content (AvgIpc) is 2.46. The number of hydrogen-bond donors (Lipinski definition) is 1. The van der Waals surface area contributed by atoms with Gasteiger partial charge in [-0.2, -0.15) is 0 Å². The Morgan fingerprint density at radius 3 is 2.50 bits per heavy atom. The van der Waals surface area contributed by atoms with E-state index in [1.165, 1.54) is 7.11 Å². The highest BCUT2D eigenvalue weighted by Crippen LogP contribution is 2.26. The van der Waals surface area contributed by atoms with E-state index in [2.05, 4.69) is 0 Å². The second kappa shape index (κ2) is 7.75. The second-order valence-electron chi connectivity index (χ2n) is 4.74. The standard InChI is InChI=1S/C15H23NO4/c1-11(2)16(8-5-9-17)15(18)13-7-6-12(19-3)10-14(13)20-4/h6-7,10-11,17H,5,8-9H2,1-4H3. The van der Waals surface area contributed by atoms with Crippen molar-refractivity contribution in [3.8, 4) is 11.5 Å². The van der Waals surface area contributed by atoms with Crippen LogP contribution in [0.3, 0.4) is 0 Å². The number of nitrogens with zero attached hydrogens (tertiary/aromatic N) is 1. The van der Waals surface area contributed by atoms with Crippen LogP contribution in [0.2, 0.25) is 0 Å². The number of amides is 1. The van der Waals surface area contributed by atoms with E-state index < -0.39 is 0 Å². The van der Waals surface area contributed by atoms with Crippen molar-refractivity contribution < 1.29 is 19.4 Å². The summed E-state index contributed by atoms with van der Waals surface area (Å²) in [6, 6.07) is 5.19. The van der Waals surface area contributed by atoms with E-state index in [0.717, 1.165) is 0 Å². The molecule has 0 atom stereocenters. The molecule has 0 bridgehead atoms. The SMILES string of the molecule is COc1ccc(C(=O)N(CCCO)C(C)C)c(OC)c1. The van der Waals surface area contributed by atoms with Crippen molar-refractivity contribution in [2.45, 2.75) is 26.3 Å². The summed E-state index contributed by atoms with van der Waals surface area (Å²) in [5.41, 5.74) is 0.500. The van der Waals surface area contributed by atoms with Crippen molar-refractivity contribution in [3.05, 3.63) is 23.8 Å². The van der Waals surface area contributed by atoms with E-state index in [1.54, 1.807) is 30.2 Å². The van der Waals surface area contributed by atoms with Gasteiger partial charge in [-0.05, 0) is 32.4 Å². The maximum absolute atomic E-state index is 12.6. The van der Waals surface area contributed by atoms with Crippen LogP contribution < -0.4 is 9.47 Å². The molecule has 0 saturated heterocycles. The van der Waals surface area contributed by atoms with Crippen molar-refractivity contribution in [2.75, 3.05) is 27.4 Å². The molecule has 0 aliphatic rings. The van der Waals surface area contributed by atoms with Crippen LogP contribution in [0.15, 0.2) is 18.2 Å². The molecule has 0 aromatic heterocycles. The third-order valence-corrected chi connectivity index (χ3v) is 3.08. The van der Waals surface area contributed by atoms with Crippen LogP contribution in [0.4, 0.5) is 0 Å². The summed E-state index contributed by atoms with van der Waals surface area (Å²) in [5.74, 6) is 1.03. The first-order valence-electron chi connectivity index (χ1n) is 6.69. The van der Waals surface area contributed by atoms with Crippen molar-refractivity contribution in [2.24, 2.45) is 0 Å². The molecule has 5 nitrogen and oxygen atoms in total. The Morgan fingerprint density at radius 2 is 2.00 bits per heavy atom. The number of ether oxygens (including phenoxy) is 2. The maximum atomic E-state index is 12.6. The minimum atomic E-state index is -0.104. The Morgan fingerprint density at radius 1 is 1.30 bits per heavy atom. The van der Waals surface area contributed by atoms with Crippen LogP contribution in [0, 0.1) is 0 Å². The molecule has 1 aromatic carbocycles. The Bertz CT molecular complexity index is 445. The van der Waals surface area contributed by atoms with Crippen molar-refractivity contribution in [1.29, 1.82) is 0 Å². The third-order valence-electron chi connectivity index (χ3n) is 3.08. The van der Waals surface area contributed by atoms with Gasteiger partial charge in [-0.25, -0.2) is 0 Å². The number of hydrogen-bond acceptors (Lipinski definition) is 4. The molecule has 0 unspecified atom stereocenters. The lowest BCUT2D eigenvalue weighted by atomic mass is 10.1.